The van der Waals surface area contributed by atoms with E-state index in [0.29, 0.717) is 39.5 Å². The van der Waals surface area contributed by atoms with Crippen molar-refractivity contribution in [3.05, 3.63) is 45.7 Å². The molecule has 0 aliphatic rings. The Morgan fingerprint density at radius 3 is 2.32 bits per heavy atom. The van der Waals surface area contributed by atoms with Crippen LogP contribution in [-0.4, -0.2) is 42.7 Å². The molecule has 0 spiro atoms. The summed E-state index contributed by atoms with van der Waals surface area (Å²) in [5, 5.41) is 3.07. The van der Waals surface area contributed by atoms with Gasteiger partial charge in [0.1, 0.15) is 22.7 Å². The molecule has 0 unspecified atom stereocenters. The first-order valence-electron chi connectivity index (χ1n) is 9.44. The van der Waals surface area contributed by atoms with Gasteiger partial charge in [0.15, 0.2) is 6.61 Å². The Balaban J connectivity index is 2.02. The van der Waals surface area contributed by atoms with Crippen molar-refractivity contribution in [2.75, 3.05) is 26.1 Å². The highest BCUT2D eigenvalue weighted by Gasteiger charge is 2.15. The summed E-state index contributed by atoms with van der Waals surface area (Å²) in [4.78, 5) is 43.0. The summed E-state index contributed by atoms with van der Waals surface area (Å²) in [6.07, 6.45) is 0. The molecule has 31 heavy (non-hydrogen) atoms. The molecule has 0 saturated carbocycles. The zero-order valence-corrected chi connectivity index (χ0v) is 17.9. The van der Waals surface area contributed by atoms with Crippen molar-refractivity contribution in [1.29, 1.82) is 0 Å². The van der Waals surface area contributed by atoms with Crippen LogP contribution in [-0.2, 0) is 14.3 Å². The monoisotopic (exact) mass is 425 g/mol. The lowest BCUT2D eigenvalue weighted by atomic mass is 10.0. The molecule has 0 aliphatic heterocycles. The maximum Gasteiger partial charge on any atom is 0.303 e. The van der Waals surface area contributed by atoms with E-state index in [1.807, 2.05) is 13.8 Å². The molecule has 3 aromatic rings. The summed E-state index contributed by atoms with van der Waals surface area (Å²) in [5.74, 6) is 0.292. The van der Waals surface area contributed by atoms with Crippen molar-refractivity contribution in [3.8, 4) is 22.9 Å². The third kappa shape index (κ3) is 4.66. The van der Waals surface area contributed by atoms with Crippen molar-refractivity contribution >= 4 is 28.5 Å². The van der Waals surface area contributed by atoms with Gasteiger partial charge < -0.3 is 24.5 Å². The first kappa shape index (κ1) is 21.8. The average molecular weight is 425 g/mol. The number of methoxy groups -OCH3 is 2. The first-order valence-corrected chi connectivity index (χ1v) is 9.44. The van der Waals surface area contributed by atoms with Crippen LogP contribution in [0.2, 0.25) is 0 Å². The number of anilines is 1. The van der Waals surface area contributed by atoms with E-state index in [2.05, 4.69) is 15.3 Å². The van der Waals surface area contributed by atoms with Gasteiger partial charge in [0.2, 0.25) is 0 Å². The minimum atomic E-state index is -0.529. The molecule has 0 bridgehead atoms. The Morgan fingerprint density at radius 2 is 1.74 bits per heavy atom. The minimum Gasteiger partial charge on any atom is -0.497 e. The number of nitrogens with one attached hydrogen (secondary N) is 2. The molecular weight excluding hydrogens is 402 g/mol. The fraction of sp³-hybridized carbons (Fsp3) is 0.273. The Hall–Kier alpha value is -3.88. The van der Waals surface area contributed by atoms with Crippen molar-refractivity contribution in [3.63, 3.8) is 0 Å². The third-order valence-corrected chi connectivity index (χ3v) is 4.68. The number of carbonyl (C=O) groups is 2. The SMILES string of the molecule is COc1cc(OC)c2c(=O)[nH]c(-c3cc(C)c(NC(=O)COC(C)=O)c(C)c3)nc2c1. The first-order chi connectivity index (χ1) is 14.7. The fourth-order valence-electron chi connectivity index (χ4n) is 3.27. The lowest BCUT2D eigenvalue weighted by Crippen LogP contribution is -2.21. The summed E-state index contributed by atoms with van der Waals surface area (Å²) in [6, 6.07) is 6.90. The summed E-state index contributed by atoms with van der Waals surface area (Å²) < 4.78 is 15.3. The van der Waals surface area contributed by atoms with Gasteiger partial charge in [0.25, 0.3) is 11.5 Å². The van der Waals surface area contributed by atoms with Gasteiger partial charge in [-0.25, -0.2) is 4.98 Å². The van der Waals surface area contributed by atoms with Crippen molar-refractivity contribution in [2.24, 2.45) is 0 Å². The molecule has 1 aromatic heterocycles. The number of aromatic nitrogens is 2. The molecule has 2 N–H and O–H groups in total. The highest BCUT2D eigenvalue weighted by molar-refractivity contribution is 5.94. The van der Waals surface area contributed by atoms with Crippen LogP contribution in [0.3, 0.4) is 0 Å². The number of esters is 1. The molecular formula is C22H23N3O6. The Labute approximate surface area is 178 Å². The van der Waals surface area contributed by atoms with E-state index in [0.717, 1.165) is 11.1 Å². The van der Waals surface area contributed by atoms with Crippen molar-refractivity contribution in [2.45, 2.75) is 20.8 Å². The molecule has 0 saturated heterocycles. The van der Waals surface area contributed by atoms with Gasteiger partial charge in [-0.3, -0.25) is 14.4 Å². The van der Waals surface area contributed by atoms with Gasteiger partial charge in [0.05, 0.1) is 19.7 Å². The molecule has 0 radical (unpaired) electrons. The number of aromatic amines is 1. The number of rotatable bonds is 6. The van der Waals surface area contributed by atoms with Gasteiger partial charge in [0, 0.05) is 30.3 Å². The molecule has 0 fully saturated rings. The van der Waals surface area contributed by atoms with Crippen LogP contribution >= 0.6 is 0 Å². The molecule has 3 rings (SSSR count). The summed E-state index contributed by atoms with van der Waals surface area (Å²) in [6.45, 7) is 4.52. The number of amides is 1. The van der Waals surface area contributed by atoms with Gasteiger partial charge in [-0.2, -0.15) is 0 Å². The molecule has 9 heteroatoms. The number of carbonyl (C=O) groups excluding carboxylic acids is 2. The number of hydrogen-bond acceptors (Lipinski definition) is 7. The second-order valence-electron chi connectivity index (χ2n) is 6.95. The minimum absolute atomic E-state index is 0.329. The second-order valence-corrected chi connectivity index (χ2v) is 6.95. The number of aryl methyl sites for hydroxylation is 2. The van der Waals surface area contributed by atoms with E-state index in [9.17, 15) is 14.4 Å². The topological polar surface area (TPSA) is 120 Å². The van der Waals surface area contributed by atoms with Crippen molar-refractivity contribution < 1.29 is 23.8 Å². The Morgan fingerprint density at radius 1 is 1.06 bits per heavy atom. The molecule has 2 aromatic carbocycles. The average Bonchev–Trinajstić information content (AvgIpc) is 2.73. The van der Waals surface area contributed by atoms with Crippen LogP contribution < -0.4 is 20.3 Å². The molecule has 9 nitrogen and oxygen atoms in total. The maximum absolute atomic E-state index is 12.7. The quantitative estimate of drug-likeness (QED) is 0.583. The Bertz CT molecular complexity index is 1210. The molecule has 0 aliphatic carbocycles. The molecule has 0 atom stereocenters. The highest BCUT2D eigenvalue weighted by Crippen LogP contribution is 2.30. The number of benzene rings is 2. The fourth-order valence-corrected chi connectivity index (χ4v) is 3.27. The number of nitrogens with zero attached hydrogens (tertiary/aromatic N) is 1. The van der Waals surface area contributed by atoms with Crippen LogP contribution in [0.5, 0.6) is 11.5 Å². The van der Waals surface area contributed by atoms with Crippen LogP contribution in [0.25, 0.3) is 22.3 Å². The number of hydrogen-bond donors (Lipinski definition) is 2. The third-order valence-electron chi connectivity index (χ3n) is 4.68. The highest BCUT2D eigenvalue weighted by atomic mass is 16.5. The lowest BCUT2D eigenvalue weighted by molar-refractivity contribution is -0.144. The number of fused-ring (bicyclic) bond motifs is 1. The largest absolute Gasteiger partial charge is 0.497 e. The van der Waals surface area contributed by atoms with Gasteiger partial charge in [-0.1, -0.05) is 0 Å². The van der Waals surface area contributed by atoms with Crippen molar-refractivity contribution in [1.82, 2.24) is 9.97 Å². The van der Waals surface area contributed by atoms with E-state index < -0.39 is 11.9 Å². The summed E-state index contributed by atoms with van der Waals surface area (Å²) >= 11 is 0. The zero-order chi connectivity index (χ0) is 22.7. The van der Waals surface area contributed by atoms with Crippen LogP contribution in [0.4, 0.5) is 5.69 Å². The van der Waals surface area contributed by atoms with Crippen LogP contribution in [0.1, 0.15) is 18.1 Å². The Kier molecular flexibility index (Phi) is 6.24. The lowest BCUT2D eigenvalue weighted by Gasteiger charge is -2.14. The summed E-state index contributed by atoms with van der Waals surface area (Å²) in [5.41, 5.74) is 2.90. The smallest absolute Gasteiger partial charge is 0.303 e. The number of H-pyrrole nitrogens is 1. The van der Waals surface area contributed by atoms with Crippen LogP contribution in [0, 0.1) is 13.8 Å². The van der Waals surface area contributed by atoms with E-state index >= 15 is 0 Å². The standard InChI is InChI=1S/C22H23N3O6/c1-11-6-14(7-12(2)20(11)24-18(27)10-31-13(3)26)21-23-16-8-15(29-4)9-17(30-5)19(16)22(28)25-21/h6-9H,10H2,1-5H3,(H,24,27)(H,23,25,28). The molecule has 1 amide bonds. The van der Waals surface area contributed by atoms with Gasteiger partial charge in [-0.05, 0) is 37.1 Å². The van der Waals surface area contributed by atoms with Crippen LogP contribution in [0.15, 0.2) is 29.1 Å². The van der Waals surface area contributed by atoms with Gasteiger partial charge >= 0.3 is 5.97 Å². The predicted molar refractivity (Wildman–Crippen MR) is 116 cm³/mol. The van der Waals surface area contributed by atoms with E-state index in [1.165, 1.54) is 21.1 Å². The van der Waals surface area contributed by atoms with Gasteiger partial charge in [-0.15, -0.1) is 0 Å². The predicted octanol–water partition coefficient (Wildman–Crippen LogP) is 2.73. The van der Waals surface area contributed by atoms with E-state index in [4.69, 9.17) is 14.2 Å². The maximum atomic E-state index is 12.7. The van der Waals surface area contributed by atoms with E-state index in [-0.39, 0.29) is 12.2 Å². The zero-order valence-electron chi connectivity index (χ0n) is 17.9. The number of ether oxygens (including phenoxy) is 3. The second kappa shape index (κ2) is 8.86. The summed E-state index contributed by atoms with van der Waals surface area (Å²) in [7, 11) is 3.00. The molecule has 1 heterocycles. The molecule has 162 valence electrons. The normalized spacial score (nSPS) is 10.6. The van der Waals surface area contributed by atoms with E-state index in [1.54, 1.807) is 24.3 Å².